The molecule has 8 heteroatoms. The van der Waals surface area contributed by atoms with Crippen molar-refractivity contribution in [3.8, 4) is 18.0 Å². The van der Waals surface area contributed by atoms with Gasteiger partial charge in [0, 0.05) is 6.08 Å². The van der Waals surface area contributed by atoms with Crippen molar-refractivity contribution < 1.29 is 24.9 Å². The van der Waals surface area contributed by atoms with Crippen molar-refractivity contribution in [1.82, 2.24) is 15.0 Å². The second kappa shape index (κ2) is 6.98. The number of hydrogen-bond donors (Lipinski definition) is 3. The zero-order chi connectivity index (χ0) is 12.6. The first-order valence-electron chi connectivity index (χ1n) is 4.11. The topological polar surface area (TPSA) is 126 Å². The molecular formula is C8H11N3O5. The molecule has 3 N–H and O–H groups in total. The molecule has 0 fully saturated rings. The largest absolute Gasteiger partial charge is 0.479 e. The zero-order valence-electron chi connectivity index (χ0n) is 8.49. The van der Waals surface area contributed by atoms with Crippen LogP contribution in [0.2, 0.25) is 0 Å². The quantitative estimate of drug-likeness (QED) is 0.615. The Kier molecular flexibility index (Phi) is 5.95. The number of hydrogen-bond acceptors (Lipinski definition) is 7. The summed E-state index contributed by atoms with van der Waals surface area (Å²) < 4.78 is 4.79. The fourth-order valence-corrected chi connectivity index (χ4v) is 0.529. The van der Waals surface area contributed by atoms with Gasteiger partial charge in [-0.25, -0.2) is 4.79 Å². The van der Waals surface area contributed by atoms with Crippen LogP contribution in [-0.4, -0.2) is 42.8 Å². The van der Waals surface area contributed by atoms with Gasteiger partial charge in [-0.15, -0.1) is 15.0 Å². The summed E-state index contributed by atoms with van der Waals surface area (Å²) in [5, 5.41) is 25.0. The van der Waals surface area contributed by atoms with Gasteiger partial charge in [0.2, 0.25) is 0 Å². The van der Waals surface area contributed by atoms with Gasteiger partial charge in [0.15, 0.2) is 0 Å². The predicted molar refractivity (Wildman–Crippen MR) is 52.2 cm³/mol. The van der Waals surface area contributed by atoms with E-state index in [1.807, 2.05) is 0 Å². The van der Waals surface area contributed by atoms with E-state index in [-0.39, 0.29) is 6.01 Å². The number of nitrogens with zero attached hydrogens (tertiary/aromatic N) is 3. The molecule has 16 heavy (non-hydrogen) atoms. The van der Waals surface area contributed by atoms with Crippen LogP contribution in [0, 0.1) is 0 Å². The van der Waals surface area contributed by atoms with E-state index >= 15 is 0 Å². The van der Waals surface area contributed by atoms with Gasteiger partial charge in [0.1, 0.15) is 0 Å². The lowest BCUT2D eigenvalue weighted by molar-refractivity contribution is -0.131. The van der Waals surface area contributed by atoms with Crippen molar-refractivity contribution in [2.45, 2.75) is 6.92 Å². The minimum atomic E-state index is -0.981. The number of ether oxygens (including phenoxy) is 1. The maximum atomic E-state index is 9.25. The van der Waals surface area contributed by atoms with E-state index in [1.165, 1.54) is 0 Å². The highest BCUT2D eigenvalue weighted by Gasteiger charge is 2.02. The van der Waals surface area contributed by atoms with E-state index in [9.17, 15) is 4.79 Å². The first kappa shape index (κ1) is 13.6. The average molecular weight is 229 g/mol. The van der Waals surface area contributed by atoms with Gasteiger partial charge in [-0.05, 0) is 6.92 Å². The van der Waals surface area contributed by atoms with Crippen LogP contribution in [0.5, 0.6) is 18.0 Å². The Balaban J connectivity index is 0.000000385. The Labute approximate surface area is 90.9 Å². The third-order valence-electron chi connectivity index (χ3n) is 1.04. The SMILES string of the molecule is C=CC(=O)O.CCOc1nc(O)nc(O)n1. The van der Waals surface area contributed by atoms with Crippen molar-refractivity contribution in [1.29, 1.82) is 0 Å². The standard InChI is InChI=1S/C5H7N3O3.C3H4O2/c1-2-11-5-7-3(9)6-4(10)8-5;1-2-3(4)5/h2H2,1H3,(H2,6,7,8,9,10);2H,1H2,(H,4,5). The molecular weight excluding hydrogens is 218 g/mol. The number of aromatic nitrogens is 3. The second-order valence-corrected chi connectivity index (χ2v) is 2.19. The summed E-state index contributed by atoms with van der Waals surface area (Å²) in [7, 11) is 0. The minimum Gasteiger partial charge on any atom is -0.479 e. The summed E-state index contributed by atoms with van der Waals surface area (Å²) in [6, 6.07) is -1.19. The third-order valence-corrected chi connectivity index (χ3v) is 1.04. The fourth-order valence-electron chi connectivity index (χ4n) is 0.529. The van der Waals surface area contributed by atoms with Crippen LogP contribution in [-0.2, 0) is 4.79 Å². The van der Waals surface area contributed by atoms with Crippen LogP contribution in [0.15, 0.2) is 12.7 Å². The van der Waals surface area contributed by atoms with Gasteiger partial charge in [0.25, 0.3) is 0 Å². The summed E-state index contributed by atoms with van der Waals surface area (Å²) >= 11 is 0. The van der Waals surface area contributed by atoms with Gasteiger partial charge in [-0.2, -0.15) is 0 Å². The van der Waals surface area contributed by atoms with Gasteiger partial charge in [0.05, 0.1) is 6.61 Å². The van der Waals surface area contributed by atoms with Crippen LogP contribution in [0.4, 0.5) is 0 Å². The summed E-state index contributed by atoms with van der Waals surface area (Å²) in [6.07, 6.45) is 0.833. The molecule has 0 saturated carbocycles. The van der Waals surface area contributed by atoms with Gasteiger partial charge < -0.3 is 20.1 Å². The molecule has 0 bridgehead atoms. The van der Waals surface area contributed by atoms with E-state index in [2.05, 4.69) is 21.5 Å². The smallest absolute Gasteiger partial charge is 0.327 e. The number of carbonyl (C=O) groups is 1. The molecule has 0 atom stereocenters. The molecule has 0 saturated heterocycles. The number of carboxylic acid groups (broad SMARTS) is 1. The summed E-state index contributed by atoms with van der Waals surface area (Å²) in [6.45, 7) is 5.06. The number of carboxylic acids is 1. The van der Waals surface area contributed by atoms with Gasteiger partial charge in [-0.1, -0.05) is 6.58 Å². The van der Waals surface area contributed by atoms with Gasteiger partial charge in [-0.3, -0.25) is 0 Å². The molecule has 0 radical (unpaired) electrons. The lowest BCUT2D eigenvalue weighted by Gasteiger charge is -1.99. The molecule has 0 aliphatic rings. The molecule has 0 aromatic carbocycles. The van der Waals surface area contributed by atoms with Crippen LogP contribution < -0.4 is 4.74 Å². The van der Waals surface area contributed by atoms with Crippen LogP contribution in [0.1, 0.15) is 6.92 Å². The Bertz CT molecular complexity index is 348. The normalized spacial score (nSPS) is 8.56. The lowest BCUT2D eigenvalue weighted by atomic mass is 10.7. The minimum absolute atomic E-state index is 0.0856. The molecule has 1 rings (SSSR count). The molecule has 0 unspecified atom stereocenters. The second-order valence-electron chi connectivity index (χ2n) is 2.19. The van der Waals surface area contributed by atoms with Crippen molar-refractivity contribution in [2.75, 3.05) is 6.61 Å². The van der Waals surface area contributed by atoms with E-state index in [1.54, 1.807) is 6.92 Å². The summed E-state index contributed by atoms with van der Waals surface area (Å²) in [4.78, 5) is 19.1. The van der Waals surface area contributed by atoms with E-state index in [0.717, 1.165) is 6.08 Å². The number of aromatic hydroxyl groups is 2. The molecule has 0 aliphatic carbocycles. The molecule has 0 amide bonds. The van der Waals surface area contributed by atoms with E-state index in [0.29, 0.717) is 6.61 Å². The average Bonchev–Trinajstić information content (AvgIpc) is 2.17. The molecule has 0 spiro atoms. The van der Waals surface area contributed by atoms with E-state index < -0.39 is 18.0 Å². The fraction of sp³-hybridized carbons (Fsp3) is 0.250. The molecule has 1 heterocycles. The number of aliphatic carboxylic acids is 1. The van der Waals surface area contributed by atoms with Crippen molar-refractivity contribution in [3.05, 3.63) is 12.7 Å². The third kappa shape index (κ3) is 6.13. The van der Waals surface area contributed by atoms with Crippen molar-refractivity contribution >= 4 is 5.97 Å². The Morgan fingerprint density at radius 3 is 2.12 bits per heavy atom. The van der Waals surface area contributed by atoms with Crippen LogP contribution in [0.3, 0.4) is 0 Å². The summed E-state index contributed by atoms with van der Waals surface area (Å²) in [5.41, 5.74) is 0. The van der Waals surface area contributed by atoms with Crippen LogP contribution >= 0.6 is 0 Å². The Morgan fingerprint density at radius 2 is 1.81 bits per heavy atom. The van der Waals surface area contributed by atoms with Gasteiger partial charge >= 0.3 is 24.0 Å². The Hall–Kier alpha value is -2.38. The maximum Gasteiger partial charge on any atom is 0.327 e. The Morgan fingerprint density at radius 1 is 1.38 bits per heavy atom. The molecule has 0 aliphatic heterocycles. The molecule has 1 aromatic rings. The lowest BCUT2D eigenvalue weighted by Crippen LogP contribution is -1.98. The van der Waals surface area contributed by atoms with Crippen molar-refractivity contribution in [2.24, 2.45) is 0 Å². The van der Waals surface area contributed by atoms with E-state index in [4.69, 9.17) is 20.1 Å². The van der Waals surface area contributed by atoms with Crippen LogP contribution in [0.25, 0.3) is 0 Å². The highest BCUT2D eigenvalue weighted by atomic mass is 16.5. The maximum absolute atomic E-state index is 9.25. The first-order chi connectivity index (χ1) is 7.49. The number of rotatable bonds is 3. The monoisotopic (exact) mass is 229 g/mol. The predicted octanol–water partition coefficient (Wildman–Crippen LogP) is -0.0615. The molecule has 8 nitrogen and oxygen atoms in total. The highest BCUT2D eigenvalue weighted by Crippen LogP contribution is 2.10. The van der Waals surface area contributed by atoms with Crippen molar-refractivity contribution in [3.63, 3.8) is 0 Å². The first-order valence-corrected chi connectivity index (χ1v) is 4.11. The highest BCUT2D eigenvalue weighted by molar-refractivity contribution is 5.78. The summed E-state index contributed by atoms with van der Waals surface area (Å²) in [5.74, 6) is -0.981. The zero-order valence-corrected chi connectivity index (χ0v) is 8.49. The molecule has 1 aromatic heterocycles. The molecule has 88 valence electrons.